The number of hydrogen-bond acceptors (Lipinski definition) is 7. The molecule has 0 radical (unpaired) electrons. The summed E-state index contributed by atoms with van der Waals surface area (Å²) in [4.78, 5) is 16.8. The Balaban J connectivity index is 1.71. The summed E-state index contributed by atoms with van der Waals surface area (Å²) in [5.41, 5.74) is 2.32. The second kappa shape index (κ2) is 8.43. The number of aromatic nitrogens is 2. The predicted octanol–water partition coefficient (Wildman–Crippen LogP) is 3.00. The molecule has 0 bridgehead atoms. The minimum atomic E-state index is -0.332. The monoisotopic (exact) mass is 383 g/mol. The lowest BCUT2D eigenvalue weighted by Gasteiger charge is -2.13. The fourth-order valence-electron chi connectivity index (χ4n) is 2.61. The van der Waals surface area contributed by atoms with E-state index in [-0.39, 0.29) is 12.5 Å². The Bertz CT molecular complexity index is 941. The van der Waals surface area contributed by atoms with Crippen LogP contribution in [0.4, 0.5) is 0 Å². The van der Waals surface area contributed by atoms with Crippen LogP contribution in [0.3, 0.4) is 0 Å². The van der Waals surface area contributed by atoms with Crippen LogP contribution in [0.25, 0.3) is 11.5 Å². The number of aryl methyl sites for hydroxylation is 1. The highest BCUT2D eigenvalue weighted by Crippen LogP contribution is 2.38. The lowest BCUT2D eigenvalue weighted by molar-refractivity contribution is 0.0949. The highest BCUT2D eigenvalue weighted by Gasteiger charge is 2.17. The molecule has 0 atom stereocenters. The Morgan fingerprint density at radius 3 is 2.25 bits per heavy atom. The molecule has 146 valence electrons. The molecule has 3 aromatic rings. The van der Waals surface area contributed by atoms with Gasteiger partial charge in [0.1, 0.15) is 0 Å². The molecule has 0 aliphatic carbocycles. The maximum absolute atomic E-state index is 12.5. The van der Waals surface area contributed by atoms with Crippen LogP contribution in [0, 0.1) is 6.92 Å². The van der Waals surface area contributed by atoms with Crippen molar-refractivity contribution in [3.05, 3.63) is 53.3 Å². The number of nitrogens with zero attached hydrogens (tertiary/aromatic N) is 2. The van der Waals surface area contributed by atoms with Crippen LogP contribution in [0.15, 0.2) is 40.9 Å². The summed E-state index contributed by atoms with van der Waals surface area (Å²) in [6.45, 7) is 2.12. The lowest BCUT2D eigenvalue weighted by Crippen LogP contribution is -2.23. The summed E-state index contributed by atoms with van der Waals surface area (Å²) in [6.07, 6.45) is 0. The number of amides is 1. The van der Waals surface area contributed by atoms with Gasteiger partial charge in [0.15, 0.2) is 17.3 Å². The normalized spacial score (nSPS) is 10.4. The zero-order valence-electron chi connectivity index (χ0n) is 16.1. The van der Waals surface area contributed by atoms with Crippen LogP contribution in [0.2, 0.25) is 0 Å². The van der Waals surface area contributed by atoms with E-state index in [1.54, 1.807) is 12.1 Å². The Kier molecular flexibility index (Phi) is 5.78. The first-order chi connectivity index (χ1) is 13.5. The van der Waals surface area contributed by atoms with E-state index in [9.17, 15) is 4.79 Å². The second-order valence-electron chi connectivity index (χ2n) is 5.98. The van der Waals surface area contributed by atoms with E-state index in [1.807, 2.05) is 31.2 Å². The number of carbonyl (C=O) groups excluding carboxylic acids is 1. The van der Waals surface area contributed by atoms with Crippen molar-refractivity contribution in [1.29, 1.82) is 0 Å². The number of ether oxygens (including phenoxy) is 3. The molecule has 2 aromatic carbocycles. The molecule has 1 N–H and O–H groups in total. The average molecular weight is 383 g/mol. The highest BCUT2D eigenvalue weighted by molar-refractivity contribution is 5.95. The van der Waals surface area contributed by atoms with Gasteiger partial charge in [0.25, 0.3) is 11.8 Å². The third-order valence-corrected chi connectivity index (χ3v) is 4.10. The molecule has 0 unspecified atom stereocenters. The van der Waals surface area contributed by atoms with Crippen LogP contribution in [-0.2, 0) is 6.54 Å². The van der Waals surface area contributed by atoms with Gasteiger partial charge in [-0.05, 0) is 31.2 Å². The highest BCUT2D eigenvalue weighted by atomic mass is 16.5. The average Bonchev–Trinajstić information content (AvgIpc) is 3.20. The maximum Gasteiger partial charge on any atom is 0.257 e. The number of carbonyl (C=O) groups is 1. The van der Waals surface area contributed by atoms with Gasteiger partial charge in [0.05, 0.1) is 27.9 Å². The van der Waals surface area contributed by atoms with Gasteiger partial charge in [-0.3, -0.25) is 4.79 Å². The predicted molar refractivity (Wildman–Crippen MR) is 102 cm³/mol. The number of methoxy groups -OCH3 is 3. The van der Waals surface area contributed by atoms with Crippen molar-refractivity contribution < 1.29 is 23.5 Å². The van der Waals surface area contributed by atoms with Crippen molar-refractivity contribution in [3.8, 4) is 28.7 Å². The Morgan fingerprint density at radius 2 is 1.68 bits per heavy atom. The minimum absolute atomic E-state index is 0.116. The van der Waals surface area contributed by atoms with Crippen LogP contribution >= 0.6 is 0 Å². The van der Waals surface area contributed by atoms with E-state index in [2.05, 4.69) is 15.5 Å². The summed E-state index contributed by atoms with van der Waals surface area (Å²) in [5, 5.41) is 6.66. The first-order valence-electron chi connectivity index (χ1n) is 8.53. The third kappa shape index (κ3) is 4.06. The molecule has 0 fully saturated rings. The zero-order valence-corrected chi connectivity index (χ0v) is 16.1. The van der Waals surface area contributed by atoms with E-state index in [0.29, 0.717) is 34.5 Å². The molecule has 3 rings (SSSR count). The fraction of sp³-hybridized carbons (Fsp3) is 0.250. The topological polar surface area (TPSA) is 95.7 Å². The number of hydrogen-bond donors (Lipinski definition) is 1. The standard InChI is InChI=1S/C20H21N3O5/c1-12-5-7-13(8-6-12)20-22-17(23-28-20)11-21-19(24)14-9-15(25-2)18(27-4)16(10-14)26-3/h5-10H,11H2,1-4H3,(H,21,24). The summed E-state index contributed by atoms with van der Waals surface area (Å²) >= 11 is 0. The van der Waals surface area contributed by atoms with Gasteiger partial charge in [-0.2, -0.15) is 4.98 Å². The Morgan fingerprint density at radius 1 is 1.04 bits per heavy atom. The SMILES string of the molecule is COc1cc(C(=O)NCc2noc(-c3ccc(C)cc3)n2)cc(OC)c1OC. The molecule has 1 heterocycles. The molecule has 0 spiro atoms. The van der Waals surface area contributed by atoms with Crippen molar-refractivity contribution in [1.82, 2.24) is 15.5 Å². The molecular weight excluding hydrogens is 362 g/mol. The van der Waals surface area contributed by atoms with E-state index >= 15 is 0 Å². The Hall–Kier alpha value is -3.55. The molecule has 1 amide bonds. The van der Waals surface area contributed by atoms with Crippen molar-refractivity contribution in [2.24, 2.45) is 0 Å². The van der Waals surface area contributed by atoms with Gasteiger partial charge >= 0.3 is 0 Å². The van der Waals surface area contributed by atoms with Crippen molar-refractivity contribution in [3.63, 3.8) is 0 Å². The van der Waals surface area contributed by atoms with E-state index in [0.717, 1.165) is 11.1 Å². The Labute approximate surface area is 162 Å². The fourth-order valence-corrected chi connectivity index (χ4v) is 2.61. The summed E-state index contributed by atoms with van der Waals surface area (Å²) in [6, 6.07) is 10.9. The van der Waals surface area contributed by atoms with Gasteiger partial charge in [-0.15, -0.1) is 0 Å². The van der Waals surface area contributed by atoms with Gasteiger partial charge in [-0.25, -0.2) is 0 Å². The molecule has 8 heteroatoms. The van der Waals surface area contributed by atoms with Crippen molar-refractivity contribution >= 4 is 5.91 Å². The quantitative estimate of drug-likeness (QED) is 0.670. The molecule has 0 aliphatic heterocycles. The van der Waals surface area contributed by atoms with E-state index < -0.39 is 0 Å². The summed E-state index contributed by atoms with van der Waals surface area (Å²) in [5.74, 6) is 1.65. The first kappa shape index (κ1) is 19.2. The van der Waals surface area contributed by atoms with Crippen LogP contribution in [0.5, 0.6) is 17.2 Å². The number of rotatable bonds is 7. The molecule has 0 saturated heterocycles. The number of benzene rings is 2. The molecular formula is C20H21N3O5. The third-order valence-electron chi connectivity index (χ3n) is 4.10. The van der Waals surface area contributed by atoms with Crippen molar-refractivity contribution in [2.45, 2.75) is 13.5 Å². The van der Waals surface area contributed by atoms with Gasteiger partial charge in [0.2, 0.25) is 5.75 Å². The van der Waals surface area contributed by atoms with Crippen LogP contribution in [-0.4, -0.2) is 37.4 Å². The summed E-state index contributed by atoms with van der Waals surface area (Å²) < 4.78 is 21.1. The molecule has 8 nitrogen and oxygen atoms in total. The van der Waals surface area contributed by atoms with Crippen molar-refractivity contribution in [2.75, 3.05) is 21.3 Å². The maximum atomic E-state index is 12.5. The largest absolute Gasteiger partial charge is 0.493 e. The van der Waals surface area contributed by atoms with Gasteiger partial charge < -0.3 is 24.1 Å². The zero-order chi connectivity index (χ0) is 20.1. The first-order valence-corrected chi connectivity index (χ1v) is 8.53. The lowest BCUT2D eigenvalue weighted by atomic mass is 10.1. The second-order valence-corrected chi connectivity index (χ2v) is 5.98. The van der Waals surface area contributed by atoms with Crippen LogP contribution < -0.4 is 19.5 Å². The van der Waals surface area contributed by atoms with Gasteiger partial charge in [0, 0.05) is 11.1 Å². The molecule has 1 aromatic heterocycles. The molecule has 0 aliphatic rings. The minimum Gasteiger partial charge on any atom is -0.493 e. The van der Waals surface area contributed by atoms with Gasteiger partial charge in [-0.1, -0.05) is 22.9 Å². The number of nitrogens with one attached hydrogen (secondary N) is 1. The van der Waals surface area contributed by atoms with Crippen LogP contribution in [0.1, 0.15) is 21.7 Å². The van der Waals surface area contributed by atoms with E-state index in [1.165, 1.54) is 21.3 Å². The smallest absolute Gasteiger partial charge is 0.257 e. The van der Waals surface area contributed by atoms with E-state index in [4.69, 9.17) is 18.7 Å². The molecule has 0 saturated carbocycles. The molecule has 28 heavy (non-hydrogen) atoms. The summed E-state index contributed by atoms with van der Waals surface area (Å²) in [7, 11) is 4.48.